The van der Waals surface area contributed by atoms with Crippen molar-refractivity contribution in [1.82, 2.24) is 4.57 Å². The fourth-order valence-corrected chi connectivity index (χ4v) is 4.95. The zero-order chi connectivity index (χ0) is 25.9. The number of allylic oxidation sites excluding steroid dienone is 2. The summed E-state index contributed by atoms with van der Waals surface area (Å²) in [6.45, 7) is 3.71. The van der Waals surface area contributed by atoms with E-state index in [0.717, 1.165) is 29.0 Å². The van der Waals surface area contributed by atoms with Crippen LogP contribution in [0, 0.1) is 29.2 Å². The Morgan fingerprint density at radius 1 is 1.19 bits per heavy atom. The molecule has 184 valence electrons. The van der Waals surface area contributed by atoms with Gasteiger partial charge < -0.3 is 20.3 Å². The van der Waals surface area contributed by atoms with Crippen LogP contribution in [-0.2, 0) is 0 Å². The van der Waals surface area contributed by atoms with Crippen molar-refractivity contribution >= 4 is 28.6 Å². The van der Waals surface area contributed by atoms with E-state index < -0.39 is 73.6 Å². The highest BCUT2D eigenvalue weighted by Gasteiger charge is 2.43. The smallest absolute Gasteiger partial charge is 0.341 e. The van der Waals surface area contributed by atoms with E-state index in [4.69, 9.17) is 5.73 Å². The standard InChI is InChI=1S/C26H19F4N3O3/c1-2-15-19-22(21(30)23(20(15)29)32-10-13-5-3-4-8-26(13,31)12-32)33(11-16(24(19)34)25(35)36)18-7-6-14(27)9-17(18)28/h2-9,11,13H,1,10,12,31H2,(H,35,36). The monoisotopic (exact) mass is 497 g/mol. The maximum atomic E-state index is 16.3. The summed E-state index contributed by atoms with van der Waals surface area (Å²) in [5.74, 6) is -6.36. The molecule has 1 saturated heterocycles. The van der Waals surface area contributed by atoms with Crippen LogP contribution in [0.25, 0.3) is 22.7 Å². The predicted molar refractivity (Wildman–Crippen MR) is 127 cm³/mol. The van der Waals surface area contributed by atoms with E-state index in [1.165, 1.54) is 4.90 Å². The van der Waals surface area contributed by atoms with Crippen molar-refractivity contribution in [1.29, 1.82) is 0 Å². The highest BCUT2D eigenvalue weighted by Crippen LogP contribution is 2.40. The lowest BCUT2D eigenvalue weighted by Crippen LogP contribution is -2.46. The molecule has 0 amide bonds. The molecule has 3 N–H and O–H groups in total. The number of hydrogen-bond donors (Lipinski definition) is 2. The van der Waals surface area contributed by atoms with Crippen LogP contribution < -0.4 is 16.1 Å². The Bertz CT molecular complexity index is 1590. The van der Waals surface area contributed by atoms with Crippen molar-refractivity contribution in [3.63, 3.8) is 0 Å². The molecule has 1 fully saturated rings. The molecule has 1 aliphatic carbocycles. The van der Waals surface area contributed by atoms with Crippen molar-refractivity contribution in [2.75, 3.05) is 18.0 Å². The molecular weight excluding hydrogens is 478 g/mol. The fourth-order valence-electron chi connectivity index (χ4n) is 4.95. The number of aromatic carboxylic acids is 1. The first-order valence-electron chi connectivity index (χ1n) is 10.9. The minimum atomic E-state index is -1.69. The molecule has 36 heavy (non-hydrogen) atoms. The van der Waals surface area contributed by atoms with Gasteiger partial charge in [-0.1, -0.05) is 37.0 Å². The maximum Gasteiger partial charge on any atom is 0.341 e. The third-order valence-corrected chi connectivity index (χ3v) is 6.69. The molecule has 2 unspecified atom stereocenters. The van der Waals surface area contributed by atoms with Crippen LogP contribution in [-0.4, -0.2) is 34.3 Å². The number of pyridine rings is 1. The van der Waals surface area contributed by atoms with Gasteiger partial charge in [-0.25, -0.2) is 22.4 Å². The number of benzene rings is 2. The highest BCUT2D eigenvalue weighted by molar-refractivity contribution is 5.98. The molecule has 1 aliphatic heterocycles. The van der Waals surface area contributed by atoms with Crippen LogP contribution in [0.2, 0.25) is 0 Å². The Balaban J connectivity index is 1.89. The molecule has 6 nitrogen and oxygen atoms in total. The molecule has 0 saturated carbocycles. The fraction of sp³-hybridized carbons (Fsp3) is 0.154. The Morgan fingerprint density at radius 3 is 2.58 bits per heavy atom. The lowest BCUT2D eigenvalue weighted by atomic mass is 9.85. The van der Waals surface area contributed by atoms with E-state index in [1.54, 1.807) is 18.2 Å². The van der Waals surface area contributed by atoms with Crippen LogP contribution in [0.3, 0.4) is 0 Å². The van der Waals surface area contributed by atoms with Crippen molar-refractivity contribution in [2.45, 2.75) is 5.54 Å². The predicted octanol–water partition coefficient (Wildman–Crippen LogP) is 4.15. The Kier molecular flexibility index (Phi) is 5.36. The van der Waals surface area contributed by atoms with E-state index in [-0.39, 0.29) is 19.0 Å². The first kappa shape index (κ1) is 23.6. The molecule has 0 spiro atoms. The second-order valence-corrected chi connectivity index (χ2v) is 8.80. The number of carboxylic acid groups (broad SMARTS) is 1. The molecule has 2 heterocycles. The number of fused-ring (bicyclic) bond motifs is 2. The summed E-state index contributed by atoms with van der Waals surface area (Å²) < 4.78 is 61.3. The number of aromatic nitrogens is 1. The molecule has 2 aliphatic rings. The summed E-state index contributed by atoms with van der Waals surface area (Å²) in [5.41, 5.74) is 1.55. The third kappa shape index (κ3) is 3.36. The lowest BCUT2D eigenvalue weighted by molar-refractivity contribution is 0.0695. The largest absolute Gasteiger partial charge is 0.477 e. The van der Waals surface area contributed by atoms with Crippen LogP contribution >= 0.6 is 0 Å². The Morgan fingerprint density at radius 2 is 1.94 bits per heavy atom. The quantitative estimate of drug-likeness (QED) is 0.529. The highest BCUT2D eigenvalue weighted by atomic mass is 19.1. The molecule has 0 radical (unpaired) electrons. The van der Waals surface area contributed by atoms with Gasteiger partial charge in [-0.3, -0.25) is 4.79 Å². The average molecular weight is 497 g/mol. The van der Waals surface area contributed by atoms with Crippen molar-refractivity contribution in [3.05, 3.63) is 99.9 Å². The van der Waals surface area contributed by atoms with Crippen molar-refractivity contribution in [2.24, 2.45) is 11.7 Å². The zero-order valence-corrected chi connectivity index (χ0v) is 18.6. The lowest BCUT2D eigenvalue weighted by Gasteiger charge is -2.27. The van der Waals surface area contributed by atoms with Gasteiger partial charge in [0.15, 0.2) is 11.6 Å². The number of hydrogen-bond acceptors (Lipinski definition) is 4. The molecular formula is C26H19F4N3O3. The maximum absolute atomic E-state index is 16.3. The summed E-state index contributed by atoms with van der Waals surface area (Å²) in [6, 6.07) is 2.38. The van der Waals surface area contributed by atoms with Gasteiger partial charge in [0, 0.05) is 36.8 Å². The van der Waals surface area contributed by atoms with Crippen LogP contribution in [0.5, 0.6) is 0 Å². The van der Waals surface area contributed by atoms with Gasteiger partial charge in [0.05, 0.1) is 22.1 Å². The van der Waals surface area contributed by atoms with E-state index in [2.05, 4.69) is 6.58 Å². The van der Waals surface area contributed by atoms with E-state index in [0.29, 0.717) is 6.07 Å². The number of rotatable bonds is 4. The number of nitrogens with zero attached hydrogens (tertiary/aromatic N) is 2. The molecule has 3 aromatic rings. The molecule has 1 aromatic heterocycles. The van der Waals surface area contributed by atoms with Crippen LogP contribution in [0.15, 0.2) is 60.1 Å². The number of anilines is 1. The Labute approximate surface area is 201 Å². The van der Waals surface area contributed by atoms with E-state index >= 15 is 8.78 Å². The van der Waals surface area contributed by atoms with Gasteiger partial charge in [0.2, 0.25) is 5.43 Å². The number of nitrogens with two attached hydrogens (primary N) is 1. The number of carboxylic acids is 1. The van der Waals surface area contributed by atoms with Gasteiger partial charge in [-0.05, 0) is 12.1 Å². The van der Waals surface area contributed by atoms with E-state index in [9.17, 15) is 23.5 Å². The van der Waals surface area contributed by atoms with E-state index in [1.807, 2.05) is 6.08 Å². The first-order chi connectivity index (χ1) is 17.1. The minimum Gasteiger partial charge on any atom is -0.477 e. The van der Waals surface area contributed by atoms with Crippen molar-refractivity contribution in [3.8, 4) is 5.69 Å². The van der Waals surface area contributed by atoms with Crippen LogP contribution in [0.1, 0.15) is 15.9 Å². The molecule has 0 bridgehead atoms. The summed E-state index contributed by atoms with van der Waals surface area (Å²) >= 11 is 0. The first-order valence-corrected chi connectivity index (χ1v) is 10.9. The second-order valence-electron chi connectivity index (χ2n) is 8.80. The molecule has 5 rings (SSSR count). The summed E-state index contributed by atoms with van der Waals surface area (Å²) in [4.78, 5) is 26.3. The molecule has 10 heteroatoms. The topological polar surface area (TPSA) is 88.6 Å². The van der Waals surface area contributed by atoms with Crippen LogP contribution in [0.4, 0.5) is 23.2 Å². The van der Waals surface area contributed by atoms with Gasteiger partial charge >= 0.3 is 5.97 Å². The number of carbonyl (C=O) groups is 1. The average Bonchev–Trinajstić information content (AvgIpc) is 3.16. The third-order valence-electron chi connectivity index (χ3n) is 6.69. The molecule has 2 atom stereocenters. The zero-order valence-electron chi connectivity index (χ0n) is 18.6. The van der Waals surface area contributed by atoms with Gasteiger partial charge in [-0.15, -0.1) is 0 Å². The van der Waals surface area contributed by atoms with Gasteiger partial charge in [0.1, 0.15) is 22.9 Å². The summed E-state index contributed by atoms with van der Waals surface area (Å²) in [6.07, 6.45) is 8.80. The number of halogens is 4. The SMILES string of the molecule is C=Cc1c(F)c(N2CC3C=CC=CC3(N)C2)c(F)c2c1c(=O)c(C(=O)O)cn2-c1ccc(F)cc1F. The Hall–Kier alpha value is -4.18. The normalized spacial score (nSPS) is 20.7. The minimum absolute atomic E-state index is 0.0385. The van der Waals surface area contributed by atoms with Gasteiger partial charge in [-0.2, -0.15) is 0 Å². The van der Waals surface area contributed by atoms with Crippen molar-refractivity contribution < 1.29 is 27.5 Å². The second kappa shape index (κ2) is 8.20. The van der Waals surface area contributed by atoms with Gasteiger partial charge in [0.25, 0.3) is 0 Å². The summed E-state index contributed by atoms with van der Waals surface area (Å²) in [5, 5.41) is 8.94. The summed E-state index contributed by atoms with van der Waals surface area (Å²) in [7, 11) is 0. The molecule has 2 aromatic carbocycles.